The van der Waals surface area contributed by atoms with Crippen LogP contribution in [0.25, 0.3) is 0 Å². The molecule has 0 amide bonds. The largest absolute Gasteiger partial charge is 0.716 e. The highest BCUT2D eigenvalue weighted by molar-refractivity contribution is 4.55. The van der Waals surface area contributed by atoms with Gasteiger partial charge in [0, 0.05) is 0 Å². The molecule has 0 radical (unpaired) electrons. The fourth-order valence-corrected chi connectivity index (χ4v) is 0.615. The Morgan fingerprint density at radius 3 is 1.20 bits per heavy atom. The van der Waals surface area contributed by atoms with Crippen molar-refractivity contribution in [2.24, 2.45) is 0 Å². The molecule has 0 aliphatic carbocycles. The lowest BCUT2D eigenvalue weighted by Gasteiger charge is -2.08. The third kappa shape index (κ3) is 1.90. The minimum atomic E-state index is -4.49. The number of hydrogen-bond acceptors (Lipinski definition) is 9. The molecule has 13 nitrogen and oxygen atoms in total. The van der Waals surface area contributed by atoms with Gasteiger partial charge in [-0.1, -0.05) is 0 Å². The highest BCUT2D eigenvalue weighted by Crippen LogP contribution is 2.15. The van der Waals surface area contributed by atoms with Crippen molar-refractivity contribution in [3.63, 3.8) is 0 Å². The Morgan fingerprint density at radius 2 is 1.13 bits per heavy atom. The van der Waals surface area contributed by atoms with Crippen molar-refractivity contribution in [2.75, 3.05) is 0 Å². The molecule has 0 aromatic carbocycles. The molecule has 0 bridgehead atoms. The minimum absolute atomic E-state index is 1.93. The van der Waals surface area contributed by atoms with E-state index in [1.807, 2.05) is 0 Å². The quantitative estimate of drug-likeness (QED) is 0.315. The van der Waals surface area contributed by atoms with E-state index in [0.717, 1.165) is 0 Å². The second-order valence-electron chi connectivity index (χ2n) is 2.15. The Morgan fingerprint density at radius 1 is 0.867 bits per heavy atom. The van der Waals surface area contributed by atoms with E-state index in [-0.39, 0.29) is 0 Å². The molecule has 0 fully saturated rings. The van der Waals surface area contributed by atoms with E-state index in [1.165, 1.54) is 0 Å². The molecule has 13 heteroatoms. The summed E-state index contributed by atoms with van der Waals surface area (Å²) in [6.45, 7) is 0. The third-order valence-corrected chi connectivity index (χ3v) is 1.28. The number of aliphatic hydroxyl groups is 1. The zero-order chi connectivity index (χ0) is 12.4. The summed E-state index contributed by atoms with van der Waals surface area (Å²) in [5, 5.41) is 48.7. The van der Waals surface area contributed by atoms with E-state index in [2.05, 4.69) is 0 Å². The van der Waals surface area contributed by atoms with Crippen molar-refractivity contribution >= 4 is 0 Å². The van der Waals surface area contributed by atoms with Gasteiger partial charge in [-0.25, -0.2) is 0 Å². The van der Waals surface area contributed by atoms with Gasteiger partial charge in [0.2, 0.25) is 0 Å². The van der Waals surface area contributed by atoms with Gasteiger partial charge in [0.05, 0.1) is 0 Å². The van der Waals surface area contributed by atoms with Crippen LogP contribution in [0.4, 0.5) is 0 Å². The van der Waals surface area contributed by atoms with E-state index >= 15 is 0 Å². The van der Waals surface area contributed by atoms with E-state index in [0.29, 0.717) is 0 Å². The van der Waals surface area contributed by atoms with Crippen LogP contribution in [0.3, 0.4) is 0 Å². The molecular formula is C2H2N4O9. The van der Waals surface area contributed by atoms with Gasteiger partial charge >= 0.3 is 12.0 Å². The van der Waals surface area contributed by atoms with Gasteiger partial charge in [0.25, 0.3) is 0 Å². The molecule has 0 heterocycles. The van der Waals surface area contributed by atoms with Gasteiger partial charge in [-0.15, -0.1) is 0 Å². The van der Waals surface area contributed by atoms with Crippen LogP contribution in [0, 0.1) is 40.5 Å². The van der Waals surface area contributed by atoms with Crippen LogP contribution in [0.5, 0.6) is 0 Å². The molecule has 0 saturated carbocycles. The van der Waals surface area contributed by atoms with Crippen molar-refractivity contribution in [3.8, 4) is 0 Å². The summed E-state index contributed by atoms with van der Waals surface area (Å²) in [6, 6.07) is 0. The molecule has 0 aromatic rings. The van der Waals surface area contributed by atoms with E-state index in [1.54, 1.807) is 0 Å². The Balaban J connectivity index is 5.59. The van der Waals surface area contributed by atoms with E-state index in [4.69, 9.17) is 5.11 Å². The first-order valence-electron chi connectivity index (χ1n) is 2.94. The molecule has 0 rings (SSSR count). The second kappa shape index (κ2) is 3.74. The second-order valence-corrected chi connectivity index (χ2v) is 2.15. The van der Waals surface area contributed by atoms with Gasteiger partial charge in [-0.2, -0.15) is 0 Å². The summed E-state index contributed by atoms with van der Waals surface area (Å²) >= 11 is 0. The van der Waals surface area contributed by atoms with Gasteiger partial charge < -0.3 is 0 Å². The lowest BCUT2D eigenvalue weighted by molar-refractivity contribution is -0.939. The fraction of sp³-hybridized carbons (Fsp3) is 1.00. The normalized spacial score (nSPS) is 11.1. The number of nitrogens with zero attached hydrogens (tertiary/aromatic N) is 4. The van der Waals surface area contributed by atoms with Crippen LogP contribution >= 0.6 is 0 Å². The maximum Gasteiger partial charge on any atom is 0.716 e. The molecule has 15 heavy (non-hydrogen) atoms. The van der Waals surface area contributed by atoms with Gasteiger partial charge in [0.15, 0.2) is 0 Å². The molecule has 0 saturated heterocycles. The summed E-state index contributed by atoms with van der Waals surface area (Å²) < 4.78 is 0. The smallest absolute Gasteiger partial charge is 0.258 e. The summed E-state index contributed by atoms with van der Waals surface area (Å²) in [5.74, 6) is -4.49. The molecule has 0 aliphatic heterocycles. The van der Waals surface area contributed by atoms with Gasteiger partial charge in [-0.3, -0.25) is 45.6 Å². The maximum absolute atomic E-state index is 10.0. The first-order chi connectivity index (χ1) is 6.65. The zero-order valence-corrected chi connectivity index (χ0v) is 6.58. The van der Waals surface area contributed by atoms with Crippen molar-refractivity contribution in [1.29, 1.82) is 0 Å². The minimum Gasteiger partial charge on any atom is -0.258 e. The standard InChI is InChI=1S/C2H2N4O9/c7-2(5(12)13,6(14)15)1(3(8)9)4(10)11/h1,7H. The average Bonchev–Trinajstić information content (AvgIpc) is 2.01. The average molecular weight is 226 g/mol. The Hall–Kier alpha value is -2.44. The Labute approximate surface area is 78.5 Å². The zero-order valence-electron chi connectivity index (χ0n) is 6.58. The number of rotatable bonds is 5. The molecule has 0 atom stereocenters. The van der Waals surface area contributed by atoms with Crippen LogP contribution < -0.4 is 0 Å². The van der Waals surface area contributed by atoms with Crippen molar-refractivity contribution in [2.45, 2.75) is 12.0 Å². The summed E-state index contributed by atoms with van der Waals surface area (Å²) in [7, 11) is 0. The molecule has 0 unspecified atom stereocenters. The summed E-state index contributed by atoms with van der Waals surface area (Å²) in [6.07, 6.45) is -3.58. The van der Waals surface area contributed by atoms with Gasteiger partial charge in [0.1, 0.15) is 19.7 Å². The third-order valence-electron chi connectivity index (χ3n) is 1.28. The highest BCUT2D eigenvalue weighted by Gasteiger charge is 2.79. The van der Waals surface area contributed by atoms with Crippen molar-refractivity contribution < 1.29 is 24.8 Å². The highest BCUT2D eigenvalue weighted by atomic mass is 16.7. The van der Waals surface area contributed by atoms with Gasteiger partial charge in [-0.05, 0) is 0 Å². The monoisotopic (exact) mass is 226 g/mol. The molecule has 1 N–H and O–H groups in total. The first-order valence-corrected chi connectivity index (χ1v) is 2.94. The van der Waals surface area contributed by atoms with Crippen LogP contribution in [0.1, 0.15) is 0 Å². The maximum atomic E-state index is 10.0. The van der Waals surface area contributed by atoms with Crippen molar-refractivity contribution in [1.82, 2.24) is 0 Å². The Kier molecular flexibility index (Phi) is 3.13. The molecule has 0 aliphatic rings. The van der Waals surface area contributed by atoms with Crippen LogP contribution in [0.15, 0.2) is 0 Å². The lowest BCUT2D eigenvalue weighted by Crippen LogP contribution is -2.61. The van der Waals surface area contributed by atoms with Crippen LogP contribution in [0.2, 0.25) is 0 Å². The number of hydrogen-bond donors (Lipinski definition) is 1. The van der Waals surface area contributed by atoms with E-state index in [9.17, 15) is 40.5 Å². The lowest BCUT2D eigenvalue weighted by atomic mass is 10.3. The summed E-state index contributed by atoms with van der Waals surface area (Å²) in [4.78, 5) is 32.0. The molecule has 0 spiro atoms. The molecule has 0 aromatic heterocycles. The van der Waals surface area contributed by atoms with Crippen LogP contribution in [-0.2, 0) is 0 Å². The van der Waals surface area contributed by atoms with Crippen molar-refractivity contribution in [3.05, 3.63) is 40.5 Å². The summed E-state index contributed by atoms with van der Waals surface area (Å²) in [5.41, 5.74) is 0. The topological polar surface area (TPSA) is 193 Å². The van der Waals surface area contributed by atoms with E-state index < -0.39 is 31.7 Å². The first kappa shape index (κ1) is 12.6. The SMILES string of the molecule is O=[N+]([O-])C([N+](=O)[O-])C(O)([N+](=O)[O-])[N+](=O)[O-]. The van der Waals surface area contributed by atoms with Crippen LogP contribution in [-0.4, -0.2) is 36.8 Å². The molecular weight excluding hydrogens is 224 g/mol. The fourth-order valence-electron chi connectivity index (χ4n) is 0.615. The number of nitro groups is 4. The Bertz CT molecular complexity index is 307. The predicted molar refractivity (Wildman–Crippen MR) is 36.7 cm³/mol. The molecule has 84 valence electrons. The predicted octanol–water partition coefficient (Wildman–Crippen LogP) is -1.93.